The summed E-state index contributed by atoms with van der Waals surface area (Å²) >= 11 is 6.58. The van der Waals surface area contributed by atoms with Crippen molar-refractivity contribution in [1.82, 2.24) is 4.72 Å². The molecule has 0 aromatic heterocycles. The summed E-state index contributed by atoms with van der Waals surface area (Å²) in [6.07, 6.45) is -0.741. The first-order chi connectivity index (χ1) is 7.94. The molecule has 2 N–H and O–H groups in total. The first-order valence-electron chi connectivity index (χ1n) is 4.83. The van der Waals surface area contributed by atoms with Crippen LogP contribution in [0, 0.1) is 0 Å². The highest BCUT2D eigenvalue weighted by atomic mass is 79.9. The van der Waals surface area contributed by atoms with Crippen LogP contribution in [-0.4, -0.2) is 21.4 Å². The monoisotopic (exact) mass is 384 g/mol. The number of nitrogens with one attached hydrogen (secondary N) is 2. The summed E-state index contributed by atoms with van der Waals surface area (Å²) in [6, 6.07) is 3.31. The van der Waals surface area contributed by atoms with Gasteiger partial charge in [-0.25, -0.2) is 8.42 Å². The van der Waals surface area contributed by atoms with Crippen LogP contribution in [-0.2, 0) is 14.8 Å². The molecule has 94 valence electrons. The number of benzene rings is 1. The topological polar surface area (TPSA) is 67.4 Å². The third kappa shape index (κ3) is 2.65. The Morgan fingerprint density at radius 2 is 2.12 bits per heavy atom. The molecule has 0 aliphatic carbocycles. The van der Waals surface area contributed by atoms with Crippen LogP contribution in [0.4, 0.5) is 5.69 Å². The van der Waals surface area contributed by atoms with Crippen molar-refractivity contribution < 1.29 is 13.2 Å². The summed E-state index contributed by atoms with van der Waals surface area (Å²) in [5.41, 5.74) is 0.505. The fourth-order valence-electron chi connectivity index (χ4n) is 1.51. The van der Waals surface area contributed by atoms with Crippen LogP contribution in [0.1, 0.15) is 6.92 Å². The van der Waals surface area contributed by atoms with E-state index in [-0.39, 0.29) is 4.90 Å². The van der Waals surface area contributed by atoms with Gasteiger partial charge < -0.3 is 10.1 Å². The molecule has 0 saturated carbocycles. The van der Waals surface area contributed by atoms with Crippen molar-refractivity contribution >= 4 is 47.6 Å². The Kier molecular flexibility index (Phi) is 3.79. The summed E-state index contributed by atoms with van der Waals surface area (Å²) in [5, 5.41) is 2.97. The van der Waals surface area contributed by atoms with Crippen molar-refractivity contribution in [2.45, 2.75) is 18.2 Å². The maximum atomic E-state index is 12.0. The predicted octanol–water partition coefficient (Wildman–Crippen LogP) is 2.24. The summed E-state index contributed by atoms with van der Waals surface area (Å²) in [5.74, 6) is 0. The highest BCUT2D eigenvalue weighted by molar-refractivity contribution is 9.11. The maximum Gasteiger partial charge on any atom is 0.246 e. The second-order valence-electron chi connectivity index (χ2n) is 3.36. The fourth-order valence-corrected chi connectivity index (χ4v) is 4.39. The molecule has 2 rings (SSSR count). The molecule has 0 spiro atoms. The molecule has 1 aliphatic heterocycles. The van der Waals surface area contributed by atoms with Crippen LogP contribution in [0.25, 0.3) is 0 Å². The van der Waals surface area contributed by atoms with Gasteiger partial charge >= 0.3 is 0 Å². The Morgan fingerprint density at radius 1 is 1.41 bits per heavy atom. The molecule has 1 aromatic carbocycles. The Balaban J connectivity index is 2.53. The lowest BCUT2D eigenvalue weighted by molar-refractivity contribution is 0.0737. The Labute approximate surface area is 116 Å². The van der Waals surface area contributed by atoms with Crippen LogP contribution in [0.5, 0.6) is 0 Å². The highest BCUT2D eigenvalue weighted by Crippen LogP contribution is 2.36. The Hall–Kier alpha value is -0.150. The van der Waals surface area contributed by atoms with Gasteiger partial charge in [0.15, 0.2) is 6.35 Å². The van der Waals surface area contributed by atoms with E-state index in [9.17, 15) is 8.42 Å². The average molecular weight is 386 g/mol. The van der Waals surface area contributed by atoms with Gasteiger partial charge in [0, 0.05) is 15.6 Å². The van der Waals surface area contributed by atoms with E-state index in [1.54, 1.807) is 13.0 Å². The van der Waals surface area contributed by atoms with E-state index in [2.05, 4.69) is 41.9 Å². The molecule has 0 radical (unpaired) electrons. The molecule has 8 heteroatoms. The van der Waals surface area contributed by atoms with Gasteiger partial charge in [-0.1, -0.05) is 15.9 Å². The molecule has 1 aromatic rings. The van der Waals surface area contributed by atoms with Crippen LogP contribution < -0.4 is 10.0 Å². The lowest BCUT2D eigenvalue weighted by Crippen LogP contribution is -2.46. The van der Waals surface area contributed by atoms with E-state index in [1.165, 1.54) is 6.07 Å². The SMILES string of the molecule is CCOC1Nc2c(Br)cc(Br)cc2S(=O)(=O)N1. The molecule has 0 bridgehead atoms. The molecule has 0 saturated heterocycles. The minimum Gasteiger partial charge on any atom is -0.345 e. The van der Waals surface area contributed by atoms with Crippen LogP contribution in [0.15, 0.2) is 26.0 Å². The molecule has 0 amide bonds. The van der Waals surface area contributed by atoms with Gasteiger partial charge in [-0.15, -0.1) is 0 Å². The van der Waals surface area contributed by atoms with Gasteiger partial charge in [0.05, 0.1) is 5.69 Å². The summed E-state index contributed by atoms with van der Waals surface area (Å²) < 4.78 is 33.0. The van der Waals surface area contributed by atoms with Gasteiger partial charge in [0.2, 0.25) is 10.0 Å². The second-order valence-corrected chi connectivity index (χ2v) is 6.81. The van der Waals surface area contributed by atoms with E-state index in [4.69, 9.17) is 4.74 Å². The van der Waals surface area contributed by atoms with Crippen LogP contribution in [0.2, 0.25) is 0 Å². The van der Waals surface area contributed by atoms with Crippen molar-refractivity contribution in [3.63, 3.8) is 0 Å². The first kappa shape index (κ1) is 13.3. The van der Waals surface area contributed by atoms with Crippen molar-refractivity contribution in [1.29, 1.82) is 0 Å². The normalized spacial score (nSPS) is 21.7. The van der Waals surface area contributed by atoms with Gasteiger partial charge in [0.25, 0.3) is 0 Å². The number of rotatable bonds is 2. The highest BCUT2D eigenvalue weighted by Gasteiger charge is 2.31. The van der Waals surface area contributed by atoms with Gasteiger partial charge in [-0.2, -0.15) is 4.72 Å². The van der Waals surface area contributed by atoms with Gasteiger partial charge in [0.1, 0.15) is 4.90 Å². The Morgan fingerprint density at radius 3 is 2.76 bits per heavy atom. The number of fused-ring (bicyclic) bond motifs is 1. The summed E-state index contributed by atoms with van der Waals surface area (Å²) in [6.45, 7) is 2.20. The van der Waals surface area contributed by atoms with E-state index in [0.717, 1.165) is 0 Å². The quantitative estimate of drug-likeness (QED) is 0.819. The first-order valence-corrected chi connectivity index (χ1v) is 7.90. The Bertz CT molecular complexity index is 547. The summed E-state index contributed by atoms with van der Waals surface area (Å²) in [4.78, 5) is 0.190. The fraction of sp³-hybridized carbons (Fsp3) is 0.333. The molecular weight excluding hydrogens is 376 g/mol. The smallest absolute Gasteiger partial charge is 0.246 e. The molecule has 17 heavy (non-hydrogen) atoms. The minimum atomic E-state index is -3.56. The number of hydrogen-bond acceptors (Lipinski definition) is 4. The number of ether oxygens (including phenoxy) is 1. The van der Waals surface area contributed by atoms with Crippen molar-refractivity contribution in [2.24, 2.45) is 0 Å². The molecule has 0 fully saturated rings. The predicted molar refractivity (Wildman–Crippen MR) is 71.2 cm³/mol. The zero-order chi connectivity index (χ0) is 12.6. The molecule has 5 nitrogen and oxygen atoms in total. The number of sulfonamides is 1. The zero-order valence-corrected chi connectivity index (χ0v) is 12.8. The zero-order valence-electron chi connectivity index (χ0n) is 8.83. The molecule has 1 heterocycles. The summed E-state index contributed by atoms with van der Waals surface area (Å²) in [7, 11) is -3.56. The minimum absolute atomic E-state index is 0.190. The van der Waals surface area contributed by atoms with E-state index < -0.39 is 16.4 Å². The lowest BCUT2D eigenvalue weighted by Gasteiger charge is -2.28. The van der Waals surface area contributed by atoms with Crippen molar-refractivity contribution in [3.8, 4) is 0 Å². The van der Waals surface area contributed by atoms with Crippen molar-refractivity contribution in [2.75, 3.05) is 11.9 Å². The van der Waals surface area contributed by atoms with Gasteiger partial charge in [-0.3, -0.25) is 0 Å². The second kappa shape index (κ2) is 4.85. The van der Waals surface area contributed by atoms with E-state index in [1.807, 2.05) is 0 Å². The number of anilines is 1. The number of halogens is 2. The average Bonchev–Trinajstić information content (AvgIpc) is 2.20. The van der Waals surface area contributed by atoms with Crippen LogP contribution >= 0.6 is 31.9 Å². The van der Waals surface area contributed by atoms with Gasteiger partial charge in [-0.05, 0) is 35.0 Å². The molecule has 1 atom stereocenters. The molecule has 1 unspecified atom stereocenters. The lowest BCUT2D eigenvalue weighted by atomic mass is 10.3. The molecule has 1 aliphatic rings. The number of hydrogen-bond donors (Lipinski definition) is 2. The standard InChI is InChI=1S/C9H10Br2N2O3S/c1-2-16-9-12-8-6(11)3-5(10)4-7(8)17(14,15)13-9/h3-4,9,12-13H,2H2,1H3. The molecular formula is C9H10Br2N2O3S. The largest absolute Gasteiger partial charge is 0.345 e. The third-order valence-corrected chi connectivity index (χ3v) is 4.69. The van der Waals surface area contributed by atoms with E-state index >= 15 is 0 Å². The third-order valence-electron chi connectivity index (χ3n) is 2.18. The van der Waals surface area contributed by atoms with Crippen molar-refractivity contribution in [3.05, 3.63) is 21.1 Å². The van der Waals surface area contributed by atoms with E-state index in [0.29, 0.717) is 21.2 Å². The van der Waals surface area contributed by atoms with Crippen LogP contribution in [0.3, 0.4) is 0 Å². The maximum absolute atomic E-state index is 12.0.